The average molecular weight is 343 g/mol. The van der Waals surface area contributed by atoms with E-state index < -0.39 is 28.0 Å². The van der Waals surface area contributed by atoms with Crippen molar-refractivity contribution in [3.63, 3.8) is 0 Å². The van der Waals surface area contributed by atoms with Crippen LogP contribution in [0, 0.1) is 12.8 Å². The van der Waals surface area contributed by atoms with Gasteiger partial charge in [0.15, 0.2) is 0 Å². The molecule has 1 saturated heterocycles. The number of carboxylic acid groups (broad SMARTS) is 1. The molecule has 8 heteroatoms. The van der Waals surface area contributed by atoms with E-state index in [9.17, 15) is 18.3 Å². The van der Waals surface area contributed by atoms with Gasteiger partial charge in [-0.1, -0.05) is 0 Å². The Morgan fingerprint density at radius 2 is 2.13 bits per heavy atom. The lowest BCUT2D eigenvalue weighted by Gasteiger charge is -2.33. The number of aliphatic carboxylic acids is 1. The summed E-state index contributed by atoms with van der Waals surface area (Å²) in [7, 11) is -3.80. The highest BCUT2D eigenvalue weighted by Crippen LogP contribution is 2.27. The van der Waals surface area contributed by atoms with Crippen LogP contribution in [-0.4, -0.2) is 54.7 Å². The standard InChI is InChI=1S/C15H21NO6S/c1-3-22-14-5-4-11(8-10(14)2)23(20,21)16-7-6-13(17)12(9-16)15(18)19/h4-5,8,12-13,17H,3,6-7,9H2,1-2H3,(H,18,19)/t12-,13+/m0/s1. The van der Waals surface area contributed by atoms with Crippen LogP contribution in [0.15, 0.2) is 23.1 Å². The Hall–Kier alpha value is -1.64. The summed E-state index contributed by atoms with van der Waals surface area (Å²) in [6.45, 7) is 3.95. The van der Waals surface area contributed by atoms with Crippen molar-refractivity contribution >= 4 is 16.0 Å². The molecule has 0 aromatic heterocycles. The lowest BCUT2D eigenvalue weighted by atomic mass is 9.96. The predicted molar refractivity (Wildman–Crippen MR) is 82.9 cm³/mol. The quantitative estimate of drug-likeness (QED) is 0.821. The predicted octanol–water partition coefficient (Wildman–Crippen LogP) is 0.850. The number of piperidine rings is 1. The zero-order chi connectivity index (χ0) is 17.2. The van der Waals surface area contributed by atoms with Gasteiger partial charge in [-0.3, -0.25) is 4.79 Å². The van der Waals surface area contributed by atoms with Gasteiger partial charge >= 0.3 is 5.97 Å². The molecule has 1 aliphatic rings. The largest absolute Gasteiger partial charge is 0.494 e. The molecule has 0 amide bonds. The monoisotopic (exact) mass is 343 g/mol. The van der Waals surface area contributed by atoms with Gasteiger partial charge in [-0.25, -0.2) is 8.42 Å². The summed E-state index contributed by atoms with van der Waals surface area (Å²) in [6, 6.07) is 4.56. The molecule has 2 N–H and O–H groups in total. The number of aryl methyl sites for hydroxylation is 1. The molecule has 0 radical (unpaired) electrons. The van der Waals surface area contributed by atoms with Crippen LogP contribution in [0.1, 0.15) is 18.9 Å². The molecule has 0 saturated carbocycles. The van der Waals surface area contributed by atoms with E-state index in [-0.39, 0.29) is 24.4 Å². The van der Waals surface area contributed by atoms with Crippen molar-refractivity contribution in [3.8, 4) is 5.75 Å². The fraction of sp³-hybridized carbons (Fsp3) is 0.533. The van der Waals surface area contributed by atoms with E-state index in [1.54, 1.807) is 13.0 Å². The molecule has 0 bridgehead atoms. The molecule has 1 fully saturated rings. The van der Waals surface area contributed by atoms with E-state index in [0.29, 0.717) is 17.9 Å². The van der Waals surface area contributed by atoms with Crippen molar-refractivity contribution < 1.29 is 28.2 Å². The fourth-order valence-corrected chi connectivity index (χ4v) is 4.19. The second-order valence-corrected chi connectivity index (χ2v) is 7.46. The van der Waals surface area contributed by atoms with Crippen LogP contribution in [0.2, 0.25) is 0 Å². The van der Waals surface area contributed by atoms with Crippen LogP contribution < -0.4 is 4.74 Å². The van der Waals surface area contributed by atoms with Crippen LogP contribution in [0.3, 0.4) is 0 Å². The van der Waals surface area contributed by atoms with E-state index >= 15 is 0 Å². The van der Waals surface area contributed by atoms with E-state index in [0.717, 1.165) is 4.31 Å². The van der Waals surface area contributed by atoms with E-state index in [1.165, 1.54) is 12.1 Å². The second kappa shape index (κ2) is 6.86. The third-order valence-corrected chi connectivity index (χ3v) is 5.80. The van der Waals surface area contributed by atoms with Gasteiger partial charge in [0.1, 0.15) is 5.75 Å². The van der Waals surface area contributed by atoms with Crippen LogP contribution in [-0.2, 0) is 14.8 Å². The maximum absolute atomic E-state index is 12.7. The molecule has 0 aliphatic carbocycles. The highest BCUT2D eigenvalue weighted by Gasteiger charge is 2.38. The molecule has 1 aliphatic heterocycles. The van der Waals surface area contributed by atoms with Crippen LogP contribution in [0.4, 0.5) is 0 Å². The minimum atomic E-state index is -3.80. The molecule has 1 heterocycles. The number of aliphatic hydroxyl groups is 1. The first kappa shape index (κ1) is 17.7. The number of aliphatic hydroxyl groups excluding tert-OH is 1. The summed E-state index contributed by atoms with van der Waals surface area (Å²) in [6.07, 6.45) is -0.923. The lowest BCUT2D eigenvalue weighted by Crippen LogP contribution is -2.48. The second-order valence-electron chi connectivity index (χ2n) is 5.52. The summed E-state index contributed by atoms with van der Waals surface area (Å²) in [4.78, 5) is 11.2. The zero-order valence-corrected chi connectivity index (χ0v) is 13.9. The first-order chi connectivity index (χ1) is 10.8. The first-order valence-corrected chi connectivity index (χ1v) is 8.85. The maximum atomic E-state index is 12.7. The Kier molecular flexibility index (Phi) is 5.28. The van der Waals surface area contributed by atoms with Crippen molar-refractivity contribution in [2.24, 2.45) is 5.92 Å². The molecule has 2 rings (SSSR count). The van der Waals surface area contributed by atoms with Crippen LogP contribution in [0.5, 0.6) is 5.75 Å². The minimum absolute atomic E-state index is 0.0963. The number of ether oxygens (including phenoxy) is 1. The van der Waals surface area contributed by atoms with Gasteiger partial charge in [0.25, 0.3) is 0 Å². The number of sulfonamides is 1. The number of hydrogen-bond acceptors (Lipinski definition) is 5. The minimum Gasteiger partial charge on any atom is -0.494 e. The average Bonchev–Trinajstić information content (AvgIpc) is 2.49. The van der Waals surface area contributed by atoms with E-state index in [1.807, 2.05) is 6.92 Å². The van der Waals surface area contributed by atoms with Gasteiger partial charge in [0.05, 0.1) is 23.5 Å². The summed E-state index contributed by atoms with van der Waals surface area (Å²) in [5.41, 5.74) is 0.694. The molecule has 2 atom stereocenters. The molecule has 128 valence electrons. The number of carbonyl (C=O) groups is 1. The number of benzene rings is 1. The van der Waals surface area contributed by atoms with E-state index in [4.69, 9.17) is 9.84 Å². The molecule has 23 heavy (non-hydrogen) atoms. The normalized spacial score (nSPS) is 22.7. The van der Waals surface area contributed by atoms with Crippen molar-refractivity contribution in [3.05, 3.63) is 23.8 Å². The Bertz CT molecular complexity index is 687. The van der Waals surface area contributed by atoms with Gasteiger partial charge in [-0.05, 0) is 44.0 Å². The lowest BCUT2D eigenvalue weighted by molar-refractivity contribution is -0.147. The third kappa shape index (κ3) is 3.65. The maximum Gasteiger partial charge on any atom is 0.310 e. The molecule has 1 aromatic rings. The summed E-state index contributed by atoms with van der Waals surface area (Å²) in [5.74, 6) is -1.69. The number of rotatable bonds is 5. The molecule has 7 nitrogen and oxygen atoms in total. The van der Waals surface area contributed by atoms with Crippen LogP contribution in [0.25, 0.3) is 0 Å². The number of hydrogen-bond donors (Lipinski definition) is 2. The third-order valence-electron chi connectivity index (χ3n) is 3.94. The summed E-state index contributed by atoms with van der Waals surface area (Å²) < 4.78 is 31.9. The zero-order valence-electron chi connectivity index (χ0n) is 13.1. The van der Waals surface area contributed by atoms with Crippen molar-refractivity contribution in [2.45, 2.75) is 31.3 Å². The van der Waals surface area contributed by atoms with Gasteiger partial charge in [-0.2, -0.15) is 4.31 Å². The van der Waals surface area contributed by atoms with Crippen LogP contribution >= 0.6 is 0 Å². The highest BCUT2D eigenvalue weighted by molar-refractivity contribution is 7.89. The van der Waals surface area contributed by atoms with Gasteiger partial charge in [0, 0.05) is 13.1 Å². The van der Waals surface area contributed by atoms with Crippen molar-refractivity contribution in [1.29, 1.82) is 0 Å². The smallest absolute Gasteiger partial charge is 0.310 e. The summed E-state index contributed by atoms with van der Waals surface area (Å²) >= 11 is 0. The summed E-state index contributed by atoms with van der Waals surface area (Å²) in [5, 5.41) is 18.8. The molecule has 1 aromatic carbocycles. The Morgan fingerprint density at radius 3 is 2.70 bits per heavy atom. The molecule has 0 unspecified atom stereocenters. The topological polar surface area (TPSA) is 104 Å². The number of nitrogens with zero attached hydrogens (tertiary/aromatic N) is 1. The van der Waals surface area contributed by atoms with Gasteiger partial charge in [-0.15, -0.1) is 0 Å². The fourth-order valence-electron chi connectivity index (χ4n) is 2.62. The van der Waals surface area contributed by atoms with Gasteiger partial charge in [0.2, 0.25) is 10.0 Å². The first-order valence-electron chi connectivity index (χ1n) is 7.41. The van der Waals surface area contributed by atoms with Crippen molar-refractivity contribution in [2.75, 3.05) is 19.7 Å². The van der Waals surface area contributed by atoms with Crippen molar-refractivity contribution in [1.82, 2.24) is 4.31 Å². The molecule has 0 spiro atoms. The number of carboxylic acids is 1. The Morgan fingerprint density at radius 1 is 1.43 bits per heavy atom. The SMILES string of the molecule is CCOc1ccc(S(=O)(=O)N2CC[C@@H](O)[C@@H](C(=O)O)C2)cc1C. The van der Waals surface area contributed by atoms with E-state index in [2.05, 4.69) is 0 Å². The Balaban J connectivity index is 2.28. The highest BCUT2D eigenvalue weighted by atomic mass is 32.2. The van der Waals surface area contributed by atoms with Gasteiger partial charge < -0.3 is 14.9 Å². The molecular weight excluding hydrogens is 322 g/mol. The Labute approximate surface area is 135 Å². The molecular formula is C15H21NO6S.